The lowest BCUT2D eigenvalue weighted by molar-refractivity contribution is -0.384. The normalized spacial score (nSPS) is 10.4. The molecule has 0 bridgehead atoms. The summed E-state index contributed by atoms with van der Waals surface area (Å²) < 4.78 is 4.96. The fourth-order valence-corrected chi connectivity index (χ4v) is 1.25. The number of nitro groups is 1. The lowest BCUT2D eigenvalue weighted by atomic mass is 10.2. The second kappa shape index (κ2) is 2.99. The van der Waals surface area contributed by atoms with Crippen LogP contribution in [0.4, 0.5) is 5.69 Å². The van der Waals surface area contributed by atoms with Crippen LogP contribution < -0.4 is 4.74 Å². The molecule has 1 aromatic heterocycles. The third-order valence-electron chi connectivity index (χ3n) is 1.92. The predicted molar refractivity (Wildman–Crippen MR) is 49.3 cm³/mol. The molecule has 14 heavy (non-hydrogen) atoms. The summed E-state index contributed by atoms with van der Waals surface area (Å²) >= 11 is 0. The summed E-state index contributed by atoms with van der Waals surface area (Å²) in [6.45, 7) is 0. The SMILES string of the molecule is COc1n[nH]c2cc([N+](=O)[O-])ccc12. The summed E-state index contributed by atoms with van der Waals surface area (Å²) in [5, 5.41) is 17.7. The minimum absolute atomic E-state index is 0.0313. The van der Waals surface area contributed by atoms with Crippen molar-refractivity contribution < 1.29 is 9.66 Å². The number of H-pyrrole nitrogens is 1. The number of methoxy groups -OCH3 is 1. The molecule has 0 fully saturated rings. The van der Waals surface area contributed by atoms with Crippen molar-refractivity contribution in [3.05, 3.63) is 28.3 Å². The third kappa shape index (κ3) is 1.17. The molecule has 2 aromatic rings. The number of aromatic amines is 1. The Hall–Kier alpha value is -2.11. The highest BCUT2D eigenvalue weighted by molar-refractivity contribution is 5.85. The number of nitrogens with one attached hydrogen (secondary N) is 1. The van der Waals surface area contributed by atoms with Gasteiger partial charge in [-0.15, -0.1) is 5.10 Å². The highest BCUT2D eigenvalue weighted by Gasteiger charge is 2.10. The Morgan fingerprint density at radius 1 is 1.57 bits per heavy atom. The number of ether oxygens (including phenoxy) is 1. The van der Waals surface area contributed by atoms with Crippen molar-refractivity contribution in [1.29, 1.82) is 0 Å². The molecule has 0 saturated heterocycles. The van der Waals surface area contributed by atoms with Crippen LogP contribution in [0, 0.1) is 10.1 Å². The Bertz CT molecular complexity index is 492. The van der Waals surface area contributed by atoms with Gasteiger partial charge in [-0.05, 0) is 6.07 Å². The number of nitro benzene ring substituents is 1. The fraction of sp³-hybridized carbons (Fsp3) is 0.125. The Balaban J connectivity index is 2.63. The Labute approximate surface area is 78.6 Å². The molecule has 1 aromatic carbocycles. The van der Waals surface area contributed by atoms with E-state index < -0.39 is 4.92 Å². The van der Waals surface area contributed by atoms with E-state index in [9.17, 15) is 10.1 Å². The van der Waals surface area contributed by atoms with Crippen molar-refractivity contribution in [2.45, 2.75) is 0 Å². The topological polar surface area (TPSA) is 81.0 Å². The van der Waals surface area contributed by atoms with Crippen LogP contribution in [-0.2, 0) is 0 Å². The zero-order valence-corrected chi connectivity index (χ0v) is 7.35. The van der Waals surface area contributed by atoms with E-state index in [4.69, 9.17) is 4.74 Å². The van der Waals surface area contributed by atoms with Crippen molar-refractivity contribution in [1.82, 2.24) is 10.2 Å². The van der Waals surface area contributed by atoms with Gasteiger partial charge in [-0.25, -0.2) is 0 Å². The van der Waals surface area contributed by atoms with Crippen LogP contribution >= 0.6 is 0 Å². The molecule has 6 nitrogen and oxygen atoms in total. The molecule has 0 atom stereocenters. The fourth-order valence-electron chi connectivity index (χ4n) is 1.25. The number of rotatable bonds is 2. The van der Waals surface area contributed by atoms with E-state index >= 15 is 0 Å². The average molecular weight is 193 g/mol. The Morgan fingerprint density at radius 2 is 2.36 bits per heavy atom. The maximum atomic E-state index is 10.5. The van der Waals surface area contributed by atoms with Gasteiger partial charge in [-0.2, -0.15) is 0 Å². The number of benzene rings is 1. The summed E-state index contributed by atoms with van der Waals surface area (Å²) in [6.07, 6.45) is 0. The first kappa shape index (κ1) is 8.49. The van der Waals surface area contributed by atoms with E-state index in [1.54, 1.807) is 6.07 Å². The highest BCUT2D eigenvalue weighted by Crippen LogP contribution is 2.25. The lowest BCUT2D eigenvalue weighted by Gasteiger charge is -1.93. The molecule has 2 rings (SSSR count). The smallest absolute Gasteiger partial charge is 0.271 e. The maximum absolute atomic E-state index is 10.5. The molecule has 72 valence electrons. The quantitative estimate of drug-likeness (QED) is 0.578. The zero-order valence-electron chi connectivity index (χ0n) is 7.35. The highest BCUT2D eigenvalue weighted by atomic mass is 16.6. The molecule has 1 heterocycles. The van der Waals surface area contributed by atoms with Gasteiger partial charge in [0.1, 0.15) is 0 Å². The van der Waals surface area contributed by atoms with Crippen molar-refractivity contribution in [2.75, 3.05) is 7.11 Å². The van der Waals surface area contributed by atoms with Gasteiger partial charge in [-0.1, -0.05) is 0 Å². The maximum Gasteiger partial charge on any atom is 0.271 e. The van der Waals surface area contributed by atoms with E-state index in [0.29, 0.717) is 11.4 Å². The third-order valence-corrected chi connectivity index (χ3v) is 1.92. The van der Waals surface area contributed by atoms with Crippen molar-refractivity contribution >= 4 is 16.6 Å². The van der Waals surface area contributed by atoms with Crippen LogP contribution in [-0.4, -0.2) is 22.2 Å². The second-order valence-electron chi connectivity index (χ2n) is 2.72. The van der Waals surface area contributed by atoms with Gasteiger partial charge in [-0.3, -0.25) is 15.2 Å². The molecule has 6 heteroatoms. The monoisotopic (exact) mass is 193 g/mol. The van der Waals surface area contributed by atoms with Crippen molar-refractivity contribution in [3.63, 3.8) is 0 Å². The molecule has 0 spiro atoms. The van der Waals surface area contributed by atoms with Gasteiger partial charge in [0.05, 0.1) is 22.9 Å². The number of fused-ring (bicyclic) bond motifs is 1. The molecule has 0 radical (unpaired) electrons. The van der Waals surface area contributed by atoms with Gasteiger partial charge in [0.15, 0.2) is 0 Å². The Morgan fingerprint density at radius 3 is 3.00 bits per heavy atom. The van der Waals surface area contributed by atoms with Gasteiger partial charge >= 0.3 is 0 Å². The molecule has 0 aliphatic heterocycles. The lowest BCUT2D eigenvalue weighted by Crippen LogP contribution is -1.86. The number of aromatic nitrogens is 2. The summed E-state index contributed by atoms with van der Waals surface area (Å²) in [6, 6.07) is 4.45. The van der Waals surface area contributed by atoms with E-state index in [-0.39, 0.29) is 5.69 Å². The molecular weight excluding hydrogens is 186 g/mol. The first-order valence-corrected chi connectivity index (χ1v) is 3.89. The molecule has 1 N–H and O–H groups in total. The molecule has 0 amide bonds. The van der Waals surface area contributed by atoms with Crippen LogP contribution in [0.3, 0.4) is 0 Å². The molecule has 0 aliphatic carbocycles. The first-order chi connectivity index (χ1) is 6.72. The zero-order chi connectivity index (χ0) is 10.1. The van der Waals surface area contributed by atoms with Crippen LogP contribution in [0.5, 0.6) is 5.88 Å². The van der Waals surface area contributed by atoms with Gasteiger partial charge < -0.3 is 4.74 Å². The number of hydrogen-bond donors (Lipinski definition) is 1. The minimum Gasteiger partial charge on any atom is -0.480 e. The van der Waals surface area contributed by atoms with E-state index in [1.165, 1.54) is 19.2 Å². The van der Waals surface area contributed by atoms with Crippen LogP contribution in [0.2, 0.25) is 0 Å². The number of hydrogen-bond acceptors (Lipinski definition) is 4. The summed E-state index contributed by atoms with van der Waals surface area (Å²) in [5.41, 5.74) is 0.625. The molecular formula is C8H7N3O3. The standard InChI is InChI=1S/C8H7N3O3/c1-14-8-6-3-2-5(11(12)13)4-7(6)9-10-8/h2-4H,1H3,(H,9,10). The van der Waals surface area contributed by atoms with Crippen LogP contribution in [0.25, 0.3) is 10.9 Å². The van der Waals surface area contributed by atoms with Gasteiger partial charge in [0, 0.05) is 12.1 Å². The average Bonchev–Trinajstić information content (AvgIpc) is 2.59. The first-order valence-electron chi connectivity index (χ1n) is 3.89. The summed E-state index contributed by atoms with van der Waals surface area (Å²) in [5.74, 6) is 0.440. The largest absolute Gasteiger partial charge is 0.480 e. The van der Waals surface area contributed by atoms with E-state index in [0.717, 1.165) is 5.39 Å². The van der Waals surface area contributed by atoms with E-state index in [1.807, 2.05) is 0 Å². The number of non-ortho nitro benzene ring substituents is 1. The summed E-state index contributed by atoms with van der Waals surface area (Å²) in [7, 11) is 1.50. The minimum atomic E-state index is -0.452. The van der Waals surface area contributed by atoms with Crippen LogP contribution in [0.1, 0.15) is 0 Å². The molecule has 0 aliphatic rings. The van der Waals surface area contributed by atoms with Gasteiger partial charge in [0.2, 0.25) is 5.88 Å². The van der Waals surface area contributed by atoms with E-state index in [2.05, 4.69) is 10.2 Å². The Kier molecular flexibility index (Phi) is 1.81. The summed E-state index contributed by atoms with van der Waals surface area (Å²) in [4.78, 5) is 10.0. The van der Waals surface area contributed by atoms with Crippen molar-refractivity contribution in [3.8, 4) is 5.88 Å². The van der Waals surface area contributed by atoms with Crippen molar-refractivity contribution in [2.24, 2.45) is 0 Å². The number of nitrogens with zero attached hydrogens (tertiary/aromatic N) is 2. The predicted octanol–water partition coefficient (Wildman–Crippen LogP) is 1.48. The second-order valence-corrected chi connectivity index (χ2v) is 2.72. The van der Waals surface area contributed by atoms with Crippen LogP contribution in [0.15, 0.2) is 18.2 Å². The molecule has 0 unspecified atom stereocenters. The van der Waals surface area contributed by atoms with Gasteiger partial charge in [0.25, 0.3) is 5.69 Å². The molecule has 0 saturated carbocycles.